The lowest BCUT2D eigenvalue weighted by molar-refractivity contribution is 0.144. The molecule has 0 spiro atoms. The molecule has 4 N–H and O–H groups in total. The maximum atomic E-state index is 7.45. The maximum absolute atomic E-state index is 7.45. The average molecular weight is 181 g/mol. The molecule has 1 heterocycles. The zero-order valence-electron chi connectivity index (χ0n) is 6.57. The standard InChI is InChI=1S/C6H12O.H4NO2P/c1-2-4-6-7-5-3-1;1-4(2)3/h1-6H2;2-3H,1H2. The third-order valence-corrected chi connectivity index (χ3v) is 1.33. The Morgan fingerprint density at radius 2 is 1.36 bits per heavy atom. The molecule has 0 radical (unpaired) electrons. The van der Waals surface area contributed by atoms with E-state index in [9.17, 15) is 0 Å². The van der Waals surface area contributed by atoms with Gasteiger partial charge in [0.05, 0.1) is 0 Å². The van der Waals surface area contributed by atoms with Gasteiger partial charge < -0.3 is 14.5 Å². The van der Waals surface area contributed by atoms with Gasteiger partial charge in [0.1, 0.15) is 0 Å². The van der Waals surface area contributed by atoms with Crippen LogP contribution in [0.3, 0.4) is 0 Å². The molecule has 0 saturated carbocycles. The molecule has 0 aromatic rings. The van der Waals surface area contributed by atoms with Crippen molar-refractivity contribution in [3.05, 3.63) is 0 Å². The number of nitrogens with two attached hydrogens (primary N) is 1. The third kappa shape index (κ3) is 13.3. The van der Waals surface area contributed by atoms with E-state index in [4.69, 9.17) is 14.5 Å². The van der Waals surface area contributed by atoms with Gasteiger partial charge in [-0.25, -0.2) is 0 Å². The average Bonchev–Trinajstić information content (AvgIpc) is 2.13. The monoisotopic (exact) mass is 181 g/mol. The fraction of sp³-hybridized carbons (Fsp3) is 1.00. The van der Waals surface area contributed by atoms with Gasteiger partial charge >= 0.3 is 0 Å². The van der Waals surface area contributed by atoms with Gasteiger partial charge in [0.2, 0.25) is 8.53 Å². The van der Waals surface area contributed by atoms with Crippen LogP contribution in [0.25, 0.3) is 0 Å². The van der Waals surface area contributed by atoms with Crippen molar-refractivity contribution in [1.82, 2.24) is 0 Å². The van der Waals surface area contributed by atoms with Crippen molar-refractivity contribution < 1.29 is 14.5 Å². The van der Waals surface area contributed by atoms with E-state index in [0.29, 0.717) is 0 Å². The molecule has 0 bridgehead atoms. The summed E-state index contributed by atoms with van der Waals surface area (Å²) in [5.74, 6) is 0. The number of rotatable bonds is 0. The van der Waals surface area contributed by atoms with Gasteiger partial charge in [0.25, 0.3) is 0 Å². The summed E-state index contributed by atoms with van der Waals surface area (Å²) >= 11 is 0. The first-order valence-electron chi connectivity index (χ1n) is 3.74. The minimum atomic E-state index is -2.12. The number of ether oxygens (including phenoxy) is 1. The quantitative estimate of drug-likeness (QED) is 0.481. The van der Waals surface area contributed by atoms with Crippen LogP contribution in [0.15, 0.2) is 0 Å². The van der Waals surface area contributed by atoms with Crippen LogP contribution in [-0.2, 0) is 4.74 Å². The van der Waals surface area contributed by atoms with Crippen LogP contribution >= 0.6 is 8.53 Å². The highest BCUT2D eigenvalue weighted by molar-refractivity contribution is 7.42. The zero-order chi connectivity index (χ0) is 8.53. The van der Waals surface area contributed by atoms with Crippen molar-refractivity contribution >= 4 is 8.53 Å². The molecule has 68 valence electrons. The van der Waals surface area contributed by atoms with Gasteiger partial charge in [-0.1, -0.05) is 12.8 Å². The molecule has 0 amide bonds. The highest BCUT2D eigenvalue weighted by atomic mass is 31.2. The molecule has 0 aliphatic carbocycles. The molecule has 0 aromatic heterocycles. The van der Waals surface area contributed by atoms with E-state index in [1.54, 1.807) is 0 Å². The van der Waals surface area contributed by atoms with Crippen LogP contribution < -0.4 is 5.50 Å². The van der Waals surface area contributed by atoms with Gasteiger partial charge in [-0.3, -0.25) is 5.50 Å². The highest BCUT2D eigenvalue weighted by Gasteiger charge is 1.95. The Balaban J connectivity index is 0.000000218. The largest absolute Gasteiger partial charge is 0.381 e. The van der Waals surface area contributed by atoms with E-state index < -0.39 is 8.53 Å². The Labute approximate surface area is 68.3 Å². The predicted octanol–water partition coefficient (Wildman–Crippen LogP) is 0.734. The first-order valence-corrected chi connectivity index (χ1v) is 5.05. The molecule has 1 saturated heterocycles. The summed E-state index contributed by atoms with van der Waals surface area (Å²) < 4.78 is 5.19. The van der Waals surface area contributed by atoms with Crippen LogP contribution in [0, 0.1) is 0 Å². The molecular weight excluding hydrogens is 165 g/mol. The molecule has 1 rings (SSSR count). The lowest BCUT2D eigenvalue weighted by Gasteiger charge is -1.91. The minimum Gasteiger partial charge on any atom is -0.381 e. The van der Waals surface area contributed by atoms with Gasteiger partial charge in [-0.15, -0.1) is 0 Å². The molecule has 5 heteroatoms. The number of hydrogen-bond donors (Lipinski definition) is 3. The predicted molar refractivity (Wildman–Crippen MR) is 44.8 cm³/mol. The zero-order valence-corrected chi connectivity index (χ0v) is 7.46. The van der Waals surface area contributed by atoms with Crippen LogP contribution in [0.2, 0.25) is 0 Å². The van der Waals surface area contributed by atoms with Crippen LogP contribution in [0.4, 0.5) is 0 Å². The fourth-order valence-electron chi connectivity index (χ4n) is 0.864. The van der Waals surface area contributed by atoms with Crippen molar-refractivity contribution in [2.45, 2.75) is 25.7 Å². The second-order valence-corrected chi connectivity index (χ2v) is 2.99. The lowest BCUT2D eigenvalue weighted by atomic mass is 10.2. The molecule has 1 aliphatic heterocycles. The summed E-state index contributed by atoms with van der Waals surface area (Å²) in [6, 6.07) is 0. The molecule has 0 unspecified atom stereocenters. The topological polar surface area (TPSA) is 75.7 Å². The summed E-state index contributed by atoms with van der Waals surface area (Å²) in [6.07, 6.45) is 5.31. The highest BCUT2D eigenvalue weighted by Crippen LogP contribution is 2.05. The second-order valence-electron chi connectivity index (χ2n) is 2.35. The maximum Gasteiger partial charge on any atom is 0.247 e. The van der Waals surface area contributed by atoms with Crippen LogP contribution in [-0.4, -0.2) is 23.0 Å². The van der Waals surface area contributed by atoms with E-state index in [1.165, 1.54) is 25.7 Å². The van der Waals surface area contributed by atoms with Gasteiger partial charge in [0, 0.05) is 13.2 Å². The van der Waals surface area contributed by atoms with E-state index in [0.717, 1.165) is 13.2 Å². The van der Waals surface area contributed by atoms with Crippen molar-refractivity contribution in [2.75, 3.05) is 13.2 Å². The molecule has 0 aromatic carbocycles. The van der Waals surface area contributed by atoms with E-state index in [1.807, 2.05) is 0 Å². The van der Waals surface area contributed by atoms with Crippen molar-refractivity contribution in [3.63, 3.8) is 0 Å². The van der Waals surface area contributed by atoms with Gasteiger partial charge in [0.15, 0.2) is 0 Å². The summed E-state index contributed by atoms with van der Waals surface area (Å²) in [5.41, 5.74) is 4.29. The first kappa shape index (κ1) is 11.3. The van der Waals surface area contributed by atoms with Gasteiger partial charge in [-0.2, -0.15) is 0 Å². The Kier molecular flexibility index (Phi) is 8.57. The molecule has 0 atom stereocenters. The minimum absolute atomic E-state index is 1.00. The molecule has 1 aliphatic rings. The SMILES string of the molecule is C1CCCOCC1.NP(O)O. The second kappa shape index (κ2) is 8.37. The van der Waals surface area contributed by atoms with E-state index >= 15 is 0 Å². The third-order valence-electron chi connectivity index (χ3n) is 1.33. The van der Waals surface area contributed by atoms with E-state index in [-0.39, 0.29) is 0 Å². The fourth-order valence-corrected chi connectivity index (χ4v) is 0.864. The summed E-state index contributed by atoms with van der Waals surface area (Å²) in [5, 5.41) is 0. The Hall–Kier alpha value is 0.270. The first-order chi connectivity index (χ1) is 5.23. The molecule has 4 nitrogen and oxygen atoms in total. The Morgan fingerprint density at radius 1 is 1.00 bits per heavy atom. The normalized spacial score (nSPS) is 18.5. The van der Waals surface area contributed by atoms with Crippen LogP contribution in [0.1, 0.15) is 25.7 Å². The van der Waals surface area contributed by atoms with Gasteiger partial charge in [-0.05, 0) is 12.8 Å². The van der Waals surface area contributed by atoms with Crippen LogP contribution in [0.5, 0.6) is 0 Å². The van der Waals surface area contributed by atoms with Crippen molar-refractivity contribution in [1.29, 1.82) is 0 Å². The van der Waals surface area contributed by atoms with Crippen molar-refractivity contribution in [3.8, 4) is 0 Å². The Morgan fingerprint density at radius 3 is 1.73 bits per heavy atom. The molecular formula is C6H16NO3P. The number of hydrogen-bond acceptors (Lipinski definition) is 4. The summed E-state index contributed by atoms with van der Waals surface area (Å²) in [6.45, 7) is 2.00. The molecule has 1 fully saturated rings. The Bertz CT molecular complexity index is 59.8. The smallest absolute Gasteiger partial charge is 0.247 e. The molecule has 11 heavy (non-hydrogen) atoms. The van der Waals surface area contributed by atoms with E-state index in [2.05, 4.69) is 5.50 Å². The summed E-state index contributed by atoms with van der Waals surface area (Å²) in [7, 11) is -2.12. The van der Waals surface area contributed by atoms with Crippen molar-refractivity contribution in [2.24, 2.45) is 5.50 Å². The lowest BCUT2D eigenvalue weighted by Crippen LogP contribution is -1.89. The summed E-state index contributed by atoms with van der Waals surface area (Å²) in [4.78, 5) is 14.9.